The fraction of sp³-hybridized carbons (Fsp3) is 0.333. The molecule has 0 fully saturated rings. The van der Waals surface area contributed by atoms with Crippen LogP contribution in [0.3, 0.4) is 0 Å². The van der Waals surface area contributed by atoms with E-state index >= 15 is 0 Å². The first kappa shape index (κ1) is 26.6. The molecule has 5 heteroatoms. The first-order chi connectivity index (χ1) is 16.8. The molecule has 1 N–H and O–H groups in total. The minimum absolute atomic E-state index is 0.00732. The van der Waals surface area contributed by atoms with Crippen LogP contribution in [-0.4, -0.2) is 34.6 Å². The fourth-order valence-corrected chi connectivity index (χ4v) is 4.80. The third-order valence-corrected chi connectivity index (χ3v) is 6.91. The minimum atomic E-state index is -0.591. The maximum absolute atomic E-state index is 13.7. The normalized spacial score (nSPS) is 11.8. The van der Waals surface area contributed by atoms with Crippen LogP contribution in [0.15, 0.2) is 78.9 Å². The number of nitrogens with zero attached hydrogens (tertiary/aromatic N) is 1. The van der Waals surface area contributed by atoms with Gasteiger partial charge >= 0.3 is 0 Å². The summed E-state index contributed by atoms with van der Waals surface area (Å²) in [5.41, 5.74) is 5.61. The lowest BCUT2D eigenvalue weighted by Crippen LogP contribution is -2.52. The molecule has 3 rings (SSSR count). The number of hydrogen-bond acceptors (Lipinski definition) is 3. The maximum Gasteiger partial charge on any atom is 0.243 e. The van der Waals surface area contributed by atoms with Crippen LogP contribution in [0.4, 0.5) is 0 Å². The second-order valence-electron chi connectivity index (χ2n) is 9.30. The molecule has 2 amide bonds. The van der Waals surface area contributed by atoms with Crippen molar-refractivity contribution in [1.82, 2.24) is 10.2 Å². The van der Waals surface area contributed by atoms with Gasteiger partial charge in [-0.1, -0.05) is 84.4 Å². The number of hydrogen-bond donors (Lipinski definition) is 1. The average Bonchev–Trinajstić information content (AvgIpc) is 2.83. The van der Waals surface area contributed by atoms with Crippen molar-refractivity contribution >= 4 is 23.6 Å². The monoisotopic (exact) mass is 488 g/mol. The first-order valence-corrected chi connectivity index (χ1v) is 13.3. The van der Waals surface area contributed by atoms with Crippen molar-refractivity contribution in [3.05, 3.63) is 107 Å². The Morgan fingerprint density at radius 1 is 0.857 bits per heavy atom. The van der Waals surface area contributed by atoms with E-state index in [0.717, 1.165) is 22.4 Å². The van der Waals surface area contributed by atoms with E-state index in [0.29, 0.717) is 18.7 Å². The number of benzene rings is 3. The lowest BCUT2D eigenvalue weighted by atomic mass is 10.0. The topological polar surface area (TPSA) is 49.4 Å². The van der Waals surface area contributed by atoms with Crippen LogP contribution in [0.5, 0.6) is 0 Å². The number of thioether (sulfide) groups is 1. The Kier molecular flexibility index (Phi) is 9.98. The predicted molar refractivity (Wildman–Crippen MR) is 146 cm³/mol. The Morgan fingerprint density at radius 3 is 2.17 bits per heavy atom. The number of carbonyl (C=O) groups is 2. The Bertz CT molecular complexity index is 1100. The minimum Gasteiger partial charge on any atom is -0.352 e. The van der Waals surface area contributed by atoms with Gasteiger partial charge in [-0.2, -0.15) is 0 Å². The van der Waals surface area contributed by atoms with Crippen LogP contribution >= 0.6 is 11.8 Å². The van der Waals surface area contributed by atoms with E-state index in [1.54, 1.807) is 16.7 Å². The Hall–Kier alpha value is -3.05. The van der Waals surface area contributed by atoms with Gasteiger partial charge in [-0.15, -0.1) is 11.8 Å². The summed E-state index contributed by atoms with van der Waals surface area (Å²) in [4.78, 5) is 28.8. The zero-order valence-corrected chi connectivity index (χ0v) is 22.0. The summed E-state index contributed by atoms with van der Waals surface area (Å²) < 4.78 is 0. The van der Waals surface area contributed by atoms with Crippen molar-refractivity contribution in [2.45, 2.75) is 58.5 Å². The number of amides is 2. The number of rotatable bonds is 11. The van der Waals surface area contributed by atoms with Crippen molar-refractivity contribution in [3.8, 4) is 0 Å². The highest BCUT2D eigenvalue weighted by atomic mass is 32.2. The zero-order valence-electron chi connectivity index (χ0n) is 21.2. The lowest BCUT2D eigenvalue weighted by Gasteiger charge is -2.32. The van der Waals surface area contributed by atoms with E-state index in [-0.39, 0.29) is 17.9 Å². The van der Waals surface area contributed by atoms with Crippen LogP contribution in [0.2, 0.25) is 0 Å². The Morgan fingerprint density at radius 2 is 1.51 bits per heavy atom. The molecule has 35 heavy (non-hydrogen) atoms. The van der Waals surface area contributed by atoms with Crippen molar-refractivity contribution in [3.63, 3.8) is 0 Å². The summed E-state index contributed by atoms with van der Waals surface area (Å²) in [6, 6.07) is 25.8. The molecule has 0 saturated heterocycles. The van der Waals surface area contributed by atoms with E-state index in [2.05, 4.69) is 36.5 Å². The van der Waals surface area contributed by atoms with Gasteiger partial charge < -0.3 is 10.2 Å². The zero-order chi connectivity index (χ0) is 25.2. The lowest BCUT2D eigenvalue weighted by molar-refractivity contribution is -0.139. The number of aryl methyl sites for hydroxylation is 2. The molecule has 1 atom stereocenters. The summed E-state index contributed by atoms with van der Waals surface area (Å²) in [5, 5.41) is 3.05. The highest BCUT2D eigenvalue weighted by molar-refractivity contribution is 7.99. The molecule has 0 bridgehead atoms. The molecular formula is C30H36N2O2S. The highest BCUT2D eigenvalue weighted by Crippen LogP contribution is 2.20. The molecule has 184 valence electrons. The molecule has 0 aliphatic heterocycles. The summed E-state index contributed by atoms with van der Waals surface area (Å²) >= 11 is 1.59. The van der Waals surface area contributed by atoms with Gasteiger partial charge in [-0.05, 0) is 49.9 Å². The second kappa shape index (κ2) is 13.1. The average molecular weight is 489 g/mol. The Balaban J connectivity index is 1.85. The molecule has 0 aliphatic rings. The molecule has 3 aromatic carbocycles. The van der Waals surface area contributed by atoms with Crippen LogP contribution in [-0.2, 0) is 28.3 Å². The quantitative estimate of drug-likeness (QED) is 0.377. The van der Waals surface area contributed by atoms with Gasteiger partial charge in [-0.25, -0.2) is 0 Å². The van der Waals surface area contributed by atoms with Crippen molar-refractivity contribution in [2.75, 3.05) is 5.75 Å². The molecule has 0 unspecified atom stereocenters. The summed E-state index contributed by atoms with van der Waals surface area (Å²) in [5.74, 6) is 0.936. The van der Waals surface area contributed by atoms with Gasteiger partial charge in [0.15, 0.2) is 0 Å². The van der Waals surface area contributed by atoms with Crippen LogP contribution < -0.4 is 5.32 Å². The molecule has 0 radical (unpaired) electrons. The van der Waals surface area contributed by atoms with Crippen molar-refractivity contribution in [1.29, 1.82) is 0 Å². The summed E-state index contributed by atoms with van der Waals surface area (Å²) in [7, 11) is 0. The van der Waals surface area contributed by atoms with Gasteiger partial charge in [0.25, 0.3) is 0 Å². The van der Waals surface area contributed by atoms with Gasteiger partial charge in [0, 0.05) is 24.8 Å². The van der Waals surface area contributed by atoms with E-state index in [1.807, 2.05) is 75.4 Å². The van der Waals surface area contributed by atoms with Gasteiger partial charge in [0.2, 0.25) is 11.8 Å². The Labute approximate surface area is 214 Å². The molecular weight excluding hydrogens is 452 g/mol. The third kappa shape index (κ3) is 8.29. The van der Waals surface area contributed by atoms with Crippen molar-refractivity contribution in [2.24, 2.45) is 0 Å². The predicted octanol–water partition coefficient (Wildman–Crippen LogP) is 5.70. The third-order valence-electron chi connectivity index (χ3n) is 5.92. The van der Waals surface area contributed by atoms with Gasteiger partial charge in [0.05, 0.1) is 5.75 Å². The molecule has 4 nitrogen and oxygen atoms in total. The van der Waals surface area contributed by atoms with E-state index in [4.69, 9.17) is 0 Å². The van der Waals surface area contributed by atoms with Crippen LogP contribution in [0.25, 0.3) is 0 Å². The molecule has 3 aromatic rings. The standard InChI is InChI=1S/C30H36N2O2S/c1-22(2)31-30(34)28(18-25-11-6-5-7-12-25)32(19-27-13-9-8-10-24(27)4)29(33)21-35-20-26-16-14-23(3)15-17-26/h5-17,22,28H,18-21H2,1-4H3,(H,31,34)/t28-/m0/s1. The smallest absolute Gasteiger partial charge is 0.243 e. The largest absolute Gasteiger partial charge is 0.352 e. The van der Waals surface area contributed by atoms with Gasteiger partial charge in [-0.3, -0.25) is 9.59 Å². The maximum atomic E-state index is 13.7. The highest BCUT2D eigenvalue weighted by Gasteiger charge is 2.30. The molecule has 0 saturated carbocycles. The van der Waals surface area contributed by atoms with E-state index < -0.39 is 6.04 Å². The molecule has 0 heterocycles. The van der Waals surface area contributed by atoms with E-state index in [1.165, 1.54) is 11.1 Å². The van der Waals surface area contributed by atoms with E-state index in [9.17, 15) is 9.59 Å². The van der Waals surface area contributed by atoms with Crippen molar-refractivity contribution < 1.29 is 9.59 Å². The van der Waals surface area contributed by atoms with Crippen LogP contribution in [0.1, 0.15) is 41.7 Å². The first-order valence-electron chi connectivity index (χ1n) is 12.1. The summed E-state index contributed by atoms with van der Waals surface area (Å²) in [6.45, 7) is 8.41. The molecule has 0 aliphatic carbocycles. The SMILES string of the molecule is Cc1ccc(CSCC(=O)N(Cc2ccccc2C)[C@@H](Cc2ccccc2)C(=O)NC(C)C)cc1. The fourth-order valence-electron chi connectivity index (χ4n) is 3.93. The number of carbonyl (C=O) groups excluding carboxylic acids is 2. The van der Waals surface area contributed by atoms with Crippen LogP contribution in [0, 0.1) is 13.8 Å². The number of nitrogens with one attached hydrogen (secondary N) is 1. The second-order valence-corrected chi connectivity index (χ2v) is 10.3. The summed E-state index contributed by atoms with van der Waals surface area (Å²) in [6.07, 6.45) is 0.472. The van der Waals surface area contributed by atoms with Gasteiger partial charge in [0.1, 0.15) is 6.04 Å². The molecule has 0 aromatic heterocycles. The molecule has 0 spiro atoms.